The van der Waals surface area contributed by atoms with E-state index >= 15 is 0 Å². The second kappa shape index (κ2) is 4.31. The van der Waals surface area contributed by atoms with Crippen LogP contribution in [-0.2, 0) is 9.59 Å². The van der Waals surface area contributed by atoms with Crippen molar-refractivity contribution in [1.82, 2.24) is 0 Å². The molecule has 4 aliphatic rings. The minimum absolute atomic E-state index is 0.0686. The van der Waals surface area contributed by atoms with Gasteiger partial charge in [0.1, 0.15) is 5.78 Å². The van der Waals surface area contributed by atoms with E-state index in [1.54, 1.807) is 12.2 Å². The Kier molecular flexibility index (Phi) is 2.77. The summed E-state index contributed by atoms with van der Waals surface area (Å²) in [6, 6.07) is 0. The number of carbonyl (C=O) groups excluding carboxylic acids is 2. The zero-order chi connectivity index (χ0) is 15.7. The first-order valence-electron chi connectivity index (χ1n) is 8.53. The van der Waals surface area contributed by atoms with Crippen LogP contribution in [0.1, 0.15) is 46.0 Å². The molecular formula is C20H24O2. The molecule has 0 bridgehead atoms. The Hall–Kier alpha value is -1.44. The normalized spacial score (nSPS) is 46.9. The van der Waals surface area contributed by atoms with E-state index in [1.807, 2.05) is 0 Å². The van der Waals surface area contributed by atoms with Crippen molar-refractivity contribution in [3.8, 4) is 0 Å². The molecular weight excluding hydrogens is 272 g/mol. The van der Waals surface area contributed by atoms with Gasteiger partial charge < -0.3 is 0 Å². The summed E-state index contributed by atoms with van der Waals surface area (Å²) in [4.78, 5) is 24.2. The first kappa shape index (κ1) is 14.2. The molecule has 0 aliphatic heterocycles. The highest BCUT2D eigenvalue weighted by molar-refractivity contribution is 6.02. The second-order valence-electron chi connectivity index (χ2n) is 8.18. The Balaban J connectivity index is 1.78. The second-order valence-corrected chi connectivity index (χ2v) is 8.18. The van der Waals surface area contributed by atoms with E-state index in [0.29, 0.717) is 23.5 Å². The standard InChI is InChI=1S/C20H24O2/c1-12-10-14-15-4-5-18(22)20(15,3)9-7-16(14)19(2)8-6-13(21)11-17(12)19/h6,8,11,14-16H,1,4-5,7,9-10H2,2-3H3/t14-,15-,16-,19+,20+/m1/s1. The minimum Gasteiger partial charge on any atom is -0.299 e. The summed E-state index contributed by atoms with van der Waals surface area (Å²) in [5.41, 5.74) is 2.09. The molecule has 2 heteroatoms. The molecule has 0 aromatic rings. The van der Waals surface area contributed by atoms with Crippen LogP contribution in [0, 0.1) is 28.6 Å². The van der Waals surface area contributed by atoms with Gasteiger partial charge in [0.25, 0.3) is 0 Å². The lowest BCUT2D eigenvalue weighted by molar-refractivity contribution is -0.131. The third kappa shape index (κ3) is 1.61. The molecule has 4 aliphatic carbocycles. The number of fused-ring (bicyclic) bond motifs is 5. The number of hydrogen-bond donors (Lipinski definition) is 0. The average Bonchev–Trinajstić information content (AvgIpc) is 2.77. The molecule has 0 spiro atoms. The van der Waals surface area contributed by atoms with E-state index in [2.05, 4.69) is 26.5 Å². The van der Waals surface area contributed by atoms with Crippen molar-refractivity contribution < 1.29 is 9.59 Å². The molecule has 116 valence electrons. The summed E-state index contributed by atoms with van der Waals surface area (Å²) >= 11 is 0. The van der Waals surface area contributed by atoms with Crippen molar-refractivity contribution in [2.24, 2.45) is 28.6 Å². The number of allylic oxidation sites excluding steroid dienone is 5. The topological polar surface area (TPSA) is 34.1 Å². The van der Waals surface area contributed by atoms with Gasteiger partial charge in [0.15, 0.2) is 5.78 Å². The molecule has 0 heterocycles. The van der Waals surface area contributed by atoms with E-state index in [0.717, 1.165) is 43.3 Å². The predicted octanol–water partition coefficient (Wildman–Crippen LogP) is 4.03. The smallest absolute Gasteiger partial charge is 0.178 e. The lowest BCUT2D eigenvalue weighted by Gasteiger charge is -2.56. The molecule has 22 heavy (non-hydrogen) atoms. The van der Waals surface area contributed by atoms with Crippen molar-refractivity contribution in [1.29, 1.82) is 0 Å². The van der Waals surface area contributed by atoms with Crippen molar-refractivity contribution in [3.63, 3.8) is 0 Å². The number of rotatable bonds is 0. The Labute approximate surface area is 132 Å². The Morgan fingerprint density at radius 1 is 1.18 bits per heavy atom. The number of Topliss-reactive ketones (excluding diaryl/α,β-unsaturated/α-hetero) is 1. The van der Waals surface area contributed by atoms with E-state index in [4.69, 9.17) is 0 Å². The van der Waals surface area contributed by atoms with E-state index in [-0.39, 0.29) is 16.6 Å². The maximum Gasteiger partial charge on any atom is 0.178 e. The summed E-state index contributed by atoms with van der Waals surface area (Å²) in [6.07, 6.45) is 10.5. The third-order valence-corrected chi connectivity index (χ3v) is 7.24. The molecule has 0 N–H and O–H groups in total. The third-order valence-electron chi connectivity index (χ3n) is 7.24. The van der Waals surface area contributed by atoms with Gasteiger partial charge in [-0.2, -0.15) is 0 Å². The minimum atomic E-state index is -0.104. The van der Waals surface area contributed by atoms with Crippen LogP contribution in [0.25, 0.3) is 0 Å². The van der Waals surface area contributed by atoms with Crippen LogP contribution in [0.15, 0.2) is 36.0 Å². The van der Waals surface area contributed by atoms with Crippen LogP contribution < -0.4 is 0 Å². The molecule has 4 rings (SSSR count). The fourth-order valence-corrected chi connectivity index (χ4v) is 5.98. The zero-order valence-electron chi connectivity index (χ0n) is 13.5. The van der Waals surface area contributed by atoms with Crippen molar-refractivity contribution >= 4 is 11.6 Å². The monoisotopic (exact) mass is 296 g/mol. The molecule has 0 aromatic heterocycles. The van der Waals surface area contributed by atoms with Gasteiger partial charge in [-0.1, -0.05) is 32.1 Å². The molecule has 3 saturated carbocycles. The average molecular weight is 296 g/mol. The van der Waals surface area contributed by atoms with Gasteiger partial charge in [0.2, 0.25) is 0 Å². The molecule has 0 radical (unpaired) electrons. The quantitative estimate of drug-likeness (QED) is 0.676. The van der Waals surface area contributed by atoms with Crippen LogP contribution in [0.5, 0.6) is 0 Å². The van der Waals surface area contributed by atoms with Gasteiger partial charge >= 0.3 is 0 Å². The van der Waals surface area contributed by atoms with E-state index < -0.39 is 0 Å². The first-order chi connectivity index (χ1) is 10.4. The van der Waals surface area contributed by atoms with Crippen LogP contribution in [0.3, 0.4) is 0 Å². The van der Waals surface area contributed by atoms with Crippen LogP contribution in [0.4, 0.5) is 0 Å². The summed E-state index contributed by atoms with van der Waals surface area (Å²) in [5, 5.41) is 0. The molecule has 0 amide bonds. The van der Waals surface area contributed by atoms with Crippen LogP contribution in [-0.4, -0.2) is 11.6 Å². The Bertz CT molecular complexity index is 653. The lowest BCUT2D eigenvalue weighted by Crippen LogP contribution is -2.50. The van der Waals surface area contributed by atoms with Crippen molar-refractivity contribution in [3.05, 3.63) is 36.0 Å². The lowest BCUT2D eigenvalue weighted by atomic mass is 9.48. The maximum absolute atomic E-state index is 12.4. The van der Waals surface area contributed by atoms with Gasteiger partial charge in [0.05, 0.1) is 0 Å². The fourth-order valence-electron chi connectivity index (χ4n) is 5.98. The highest BCUT2D eigenvalue weighted by Crippen LogP contribution is 2.64. The highest BCUT2D eigenvalue weighted by Gasteiger charge is 2.59. The van der Waals surface area contributed by atoms with Gasteiger partial charge in [0, 0.05) is 17.3 Å². The van der Waals surface area contributed by atoms with Gasteiger partial charge in [-0.25, -0.2) is 0 Å². The fraction of sp³-hybridized carbons (Fsp3) is 0.600. The van der Waals surface area contributed by atoms with Crippen molar-refractivity contribution in [2.45, 2.75) is 46.0 Å². The molecule has 3 fully saturated rings. The molecule has 5 atom stereocenters. The summed E-state index contributed by atoms with van der Waals surface area (Å²) in [5.74, 6) is 2.14. The van der Waals surface area contributed by atoms with Gasteiger partial charge in [-0.15, -0.1) is 0 Å². The molecule has 0 aromatic carbocycles. The van der Waals surface area contributed by atoms with Gasteiger partial charge in [-0.3, -0.25) is 9.59 Å². The SMILES string of the molecule is C=C1C[C@H]2[C@@H](CC[C@]3(C)C(=O)CC[C@H]23)[C@]2(C)C=CC(=O)C=C12. The summed E-state index contributed by atoms with van der Waals surface area (Å²) < 4.78 is 0. The Morgan fingerprint density at radius 2 is 1.95 bits per heavy atom. The predicted molar refractivity (Wildman–Crippen MR) is 86.1 cm³/mol. The highest BCUT2D eigenvalue weighted by atomic mass is 16.1. The first-order valence-corrected chi connectivity index (χ1v) is 8.53. The zero-order valence-corrected chi connectivity index (χ0v) is 13.5. The number of carbonyl (C=O) groups is 2. The number of hydrogen-bond acceptors (Lipinski definition) is 2. The molecule has 2 nitrogen and oxygen atoms in total. The summed E-state index contributed by atoms with van der Waals surface area (Å²) in [7, 11) is 0. The van der Waals surface area contributed by atoms with Crippen LogP contribution in [0.2, 0.25) is 0 Å². The van der Waals surface area contributed by atoms with Crippen LogP contribution >= 0.6 is 0 Å². The summed E-state index contributed by atoms with van der Waals surface area (Å²) in [6.45, 7) is 8.75. The number of ketones is 2. The molecule has 0 saturated heterocycles. The largest absolute Gasteiger partial charge is 0.299 e. The molecule has 0 unspecified atom stereocenters. The van der Waals surface area contributed by atoms with Crippen molar-refractivity contribution in [2.75, 3.05) is 0 Å². The van der Waals surface area contributed by atoms with E-state index in [9.17, 15) is 9.59 Å². The van der Waals surface area contributed by atoms with E-state index in [1.165, 1.54) is 0 Å². The Morgan fingerprint density at radius 3 is 2.73 bits per heavy atom. The van der Waals surface area contributed by atoms with Gasteiger partial charge in [-0.05, 0) is 61.2 Å². The maximum atomic E-state index is 12.4.